The summed E-state index contributed by atoms with van der Waals surface area (Å²) in [6.07, 6.45) is 2.22. The average molecular weight is 260 g/mol. The molecule has 0 atom stereocenters. The SMILES string of the molecule is CCOc1cccc(-c2ncc(CCC(=O)O)[nH]2)c1. The van der Waals surface area contributed by atoms with Gasteiger partial charge in [-0.25, -0.2) is 4.98 Å². The zero-order chi connectivity index (χ0) is 13.7. The monoisotopic (exact) mass is 260 g/mol. The van der Waals surface area contributed by atoms with E-state index in [0.717, 1.165) is 22.8 Å². The van der Waals surface area contributed by atoms with Crippen LogP contribution in [-0.2, 0) is 11.2 Å². The van der Waals surface area contributed by atoms with Crippen LogP contribution in [0.4, 0.5) is 0 Å². The first-order valence-electron chi connectivity index (χ1n) is 6.18. The normalized spacial score (nSPS) is 10.4. The molecule has 19 heavy (non-hydrogen) atoms. The Bertz CT molecular complexity index is 563. The van der Waals surface area contributed by atoms with Gasteiger partial charge in [-0.05, 0) is 25.5 Å². The highest BCUT2D eigenvalue weighted by Crippen LogP contribution is 2.21. The first kappa shape index (κ1) is 13.1. The topological polar surface area (TPSA) is 75.2 Å². The van der Waals surface area contributed by atoms with Crippen molar-refractivity contribution in [2.45, 2.75) is 19.8 Å². The summed E-state index contributed by atoms with van der Waals surface area (Å²) in [4.78, 5) is 17.9. The summed E-state index contributed by atoms with van der Waals surface area (Å²) in [5.41, 5.74) is 1.74. The Balaban J connectivity index is 2.13. The number of aromatic amines is 1. The van der Waals surface area contributed by atoms with Gasteiger partial charge in [0.05, 0.1) is 13.0 Å². The van der Waals surface area contributed by atoms with E-state index in [9.17, 15) is 4.79 Å². The van der Waals surface area contributed by atoms with Crippen molar-refractivity contribution >= 4 is 5.97 Å². The number of carbonyl (C=O) groups is 1. The van der Waals surface area contributed by atoms with E-state index in [1.807, 2.05) is 31.2 Å². The molecule has 0 fully saturated rings. The minimum absolute atomic E-state index is 0.0978. The number of carboxylic acids is 1. The Kier molecular flexibility index (Phi) is 4.18. The van der Waals surface area contributed by atoms with Crippen molar-refractivity contribution in [2.75, 3.05) is 6.61 Å². The smallest absolute Gasteiger partial charge is 0.303 e. The molecule has 2 aromatic rings. The number of nitrogens with zero attached hydrogens (tertiary/aromatic N) is 1. The molecule has 0 aliphatic carbocycles. The molecule has 0 saturated carbocycles. The zero-order valence-corrected chi connectivity index (χ0v) is 10.7. The molecule has 0 spiro atoms. The van der Waals surface area contributed by atoms with Crippen molar-refractivity contribution in [1.29, 1.82) is 0 Å². The van der Waals surface area contributed by atoms with E-state index >= 15 is 0 Å². The van der Waals surface area contributed by atoms with E-state index in [0.29, 0.717) is 13.0 Å². The van der Waals surface area contributed by atoms with Gasteiger partial charge in [-0.1, -0.05) is 12.1 Å². The molecule has 1 aromatic heterocycles. The van der Waals surface area contributed by atoms with Crippen molar-refractivity contribution in [3.63, 3.8) is 0 Å². The number of nitrogens with one attached hydrogen (secondary N) is 1. The molecule has 0 aliphatic rings. The van der Waals surface area contributed by atoms with Gasteiger partial charge in [-0.2, -0.15) is 0 Å². The maximum atomic E-state index is 10.5. The maximum Gasteiger partial charge on any atom is 0.303 e. The van der Waals surface area contributed by atoms with Gasteiger partial charge in [0, 0.05) is 17.5 Å². The molecule has 100 valence electrons. The second kappa shape index (κ2) is 6.04. The number of carboxylic acid groups (broad SMARTS) is 1. The number of hydrogen-bond acceptors (Lipinski definition) is 3. The number of benzene rings is 1. The van der Waals surface area contributed by atoms with Crippen LogP contribution in [0.15, 0.2) is 30.5 Å². The molecular weight excluding hydrogens is 244 g/mol. The first-order valence-corrected chi connectivity index (χ1v) is 6.18. The maximum absolute atomic E-state index is 10.5. The zero-order valence-electron chi connectivity index (χ0n) is 10.7. The lowest BCUT2D eigenvalue weighted by Gasteiger charge is -2.04. The van der Waals surface area contributed by atoms with Crippen molar-refractivity contribution in [3.8, 4) is 17.1 Å². The van der Waals surface area contributed by atoms with Crippen LogP contribution in [0.1, 0.15) is 19.0 Å². The second-order valence-corrected chi connectivity index (χ2v) is 4.11. The van der Waals surface area contributed by atoms with Crippen LogP contribution in [0.25, 0.3) is 11.4 Å². The Labute approximate surface area is 111 Å². The molecule has 0 bridgehead atoms. The van der Waals surface area contributed by atoms with E-state index in [2.05, 4.69) is 9.97 Å². The summed E-state index contributed by atoms with van der Waals surface area (Å²) in [6, 6.07) is 7.63. The third kappa shape index (κ3) is 3.58. The van der Waals surface area contributed by atoms with E-state index < -0.39 is 5.97 Å². The number of ether oxygens (including phenoxy) is 1. The molecule has 1 heterocycles. The molecule has 5 nitrogen and oxygen atoms in total. The van der Waals surface area contributed by atoms with Gasteiger partial charge < -0.3 is 14.8 Å². The van der Waals surface area contributed by atoms with Crippen LogP contribution in [0, 0.1) is 0 Å². The minimum atomic E-state index is -0.811. The van der Waals surface area contributed by atoms with Gasteiger partial charge in [0.25, 0.3) is 0 Å². The molecule has 0 unspecified atom stereocenters. The minimum Gasteiger partial charge on any atom is -0.494 e. The lowest BCUT2D eigenvalue weighted by Crippen LogP contribution is -1.97. The summed E-state index contributed by atoms with van der Waals surface area (Å²) in [6.45, 7) is 2.55. The van der Waals surface area contributed by atoms with Gasteiger partial charge in [0.2, 0.25) is 0 Å². The van der Waals surface area contributed by atoms with Crippen molar-refractivity contribution in [2.24, 2.45) is 0 Å². The average Bonchev–Trinajstić information content (AvgIpc) is 2.86. The van der Waals surface area contributed by atoms with Gasteiger partial charge in [0.1, 0.15) is 11.6 Å². The number of imidazole rings is 1. The summed E-state index contributed by atoms with van der Waals surface area (Å²) in [7, 11) is 0. The Hall–Kier alpha value is -2.30. The Morgan fingerprint density at radius 3 is 3.05 bits per heavy atom. The Morgan fingerprint density at radius 2 is 2.32 bits per heavy atom. The lowest BCUT2D eigenvalue weighted by atomic mass is 10.2. The summed E-state index contributed by atoms with van der Waals surface area (Å²) < 4.78 is 5.43. The van der Waals surface area contributed by atoms with Crippen molar-refractivity contribution < 1.29 is 14.6 Å². The number of hydrogen-bond donors (Lipinski definition) is 2. The summed E-state index contributed by atoms with van der Waals surface area (Å²) in [5.74, 6) is 0.708. The molecule has 0 amide bonds. The summed E-state index contributed by atoms with van der Waals surface area (Å²) in [5, 5.41) is 8.64. The van der Waals surface area contributed by atoms with Gasteiger partial charge in [0.15, 0.2) is 0 Å². The van der Waals surface area contributed by atoms with E-state index in [-0.39, 0.29) is 6.42 Å². The molecule has 2 N–H and O–H groups in total. The quantitative estimate of drug-likeness (QED) is 0.836. The highest BCUT2D eigenvalue weighted by molar-refractivity contribution is 5.67. The molecule has 2 rings (SSSR count). The summed E-state index contributed by atoms with van der Waals surface area (Å²) >= 11 is 0. The van der Waals surface area contributed by atoms with E-state index in [1.54, 1.807) is 6.20 Å². The van der Waals surface area contributed by atoms with Crippen LogP contribution in [0.2, 0.25) is 0 Å². The Morgan fingerprint density at radius 1 is 1.47 bits per heavy atom. The van der Waals surface area contributed by atoms with Gasteiger partial charge >= 0.3 is 5.97 Å². The number of aromatic nitrogens is 2. The van der Waals surface area contributed by atoms with Crippen molar-refractivity contribution in [3.05, 3.63) is 36.2 Å². The third-order valence-corrected chi connectivity index (χ3v) is 2.66. The fraction of sp³-hybridized carbons (Fsp3) is 0.286. The van der Waals surface area contributed by atoms with Crippen LogP contribution in [0.5, 0.6) is 5.75 Å². The molecule has 5 heteroatoms. The largest absolute Gasteiger partial charge is 0.494 e. The molecular formula is C14H16N2O3. The molecule has 1 aromatic carbocycles. The first-order chi connectivity index (χ1) is 9.19. The van der Waals surface area contributed by atoms with Crippen LogP contribution < -0.4 is 4.74 Å². The number of aliphatic carboxylic acids is 1. The van der Waals surface area contributed by atoms with E-state index in [4.69, 9.17) is 9.84 Å². The van der Waals surface area contributed by atoms with Crippen molar-refractivity contribution in [1.82, 2.24) is 9.97 Å². The molecule has 0 aliphatic heterocycles. The van der Waals surface area contributed by atoms with Crippen LogP contribution >= 0.6 is 0 Å². The van der Waals surface area contributed by atoms with Crippen LogP contribution in [0.3, 0.4) is 0 Å². The van der Waals surface area contributed by atoms with Gasteiger partial charge in [-0.3, -0.25) is 4.79 Å². The molecule has 0 radical (unpaired) electrons. The fourth-order valence-electron chi connectivity index (χ4n) is 1.77. The standard InChI is InChI=1S/C14H16N2O3/c1-2-19-12-5-3-4-10(8-12)14-15-9-11(16-14)6-7-13(17)18/h3-5,8-9H,2,6-7H2,1H3,(H,15,16)(H,17,18). The number of rotatable bonds is 6. The predicted molar refractivity (Wildman–Crippen MR) is 71.1 cm³/mol. The van der Waals surface area contributed by atoms with Crippen LogP contribution in [-0.4, -0.2) is 27.7 Å². The van der Waals surface area contributed by atoms with E-state index in [1.165, 1.54) is 0 Å². The number of aryl methyl sites for hydroxylation is 1. The van der Waals surface area contributed by atoms with Gasteiger partial charge in [-0.15, -0.1) is 0 Å². The highest BCUT2D eigenvalue weighted by Gasteiger charge is 2.06. The fourth-order valence-corrected chi connectivity index (χ4v) is 1.77. The predicted octanol–water partition coefficient (Wildman–Crippen LogP) is 2.49. The second-order valence-electron chi connectivity index (χ2n) is 4.11. The molecule has 0 saturated heterocycles. The third-order valence-electron chi connectivity index (χ3n) is 2.66. The lowest BCUT2D eigenvalue weighted by molar-refractivity contribution is -0.136. The highest BCUT2D eigenvalue weighted by atomic mass is 16.5. The number of H-pyrrole nitrogens is 1.